The molecule has 0 N–H and O–H groups in total. The molecule has 0 saturated carbocycles. The van der Waals surface area contributed by atoms with Crippen molar-refractivity contribution in [2.75, 3.05) is 13.1 Å². The number of pyridine rings is 2. The summed E-state index contributed by atoms with van der Waals surface area (Å²) in [5, 5.41) is 0. The van der Waals surface area contributed by atoms with Crippen LogP contribution in [0.1, 0.15) is 31.1 Å². The molecule has 0 amide bonds. The molecule has 0 fully saturated rings. The zero-order valence-electron chi connectivity index (χ0n) is 12.5. The molecule has 0 aliphatic carbocycles. The van der Waals surface area contributed by atoms with E-state index in [-0.39, 0.29) is 6.04 Å². The van der Waals surface area contributed by atoms with Crippen LogP contribution in [0.5, 0.6) is 0 Å². The van der Waals surface area contributed by atoms with Gasteiger partial charge in [0.15, 0.2) is 0 Å². The first kappa shape index (κ1) is 13.8. The highest BCUT2D eigenvalue weighted by molar-refractivity contribution is 5.44. The van der Waals surface area contributed by atoms with Crippen LogP contribution >= 0.6 is 0 Å². The van der Waals surface area contributed by atoms with Crippen LogP contribution < -0.4 is 0 Å². The minimum absolute atomic E-state index is 0.169. The SMILES string of the molecule is CCN(CC)C(c1ccn2ccnc2c1)c1ccccn1. The van der Waals surface area contributed by atoms with Crippen LogP contribution in [0.15, 0.2) is 55.1 Å². The molecule has 1 unspecified atom stereocenters. The van der Waals surface area contributed by atoms with E-state index in [9.17, 15) is 0 Å². The van der Waals surface area contributed by atoms with E-state index in [1.54, 1.807) is 0 Å². The summed E-state index contributed by atoms with van der Waals surface area (Å²) in [7, 11) is 0. The lowest BCUT2D eigenvalue weighted by Crippen LogP contribution is -2.30. The molecule has 3 aromatic heterocycles. The molecule has 0 bridgehead atoms. The van der Waals surface area contributed by atoms with Gasteiger partial charge in [0.25, 0.3) is 0 Å². The third-order valence-electron chi connectivity index (χ3n) is 3.88. The Balaban J connectivity index is 2.09. The summed E-state index contributed by atoms with van der Waals surface area (Å²) in [6.45, 7) is 6.34. The maximum Gasteiger partial charge on any atom is 0.136 e. The van der Waals surface area contributed by atoms with Crippen LogP contribution in [-0.2, 0) is 0 Å². The molecular weight excluding hydrogens is 260 g/mol. The second kappa shape index (κ2) is 6.06. The van der Waals surface area contributed by atoms with E-state index < -0.39 is 0 Å². The minimum atomic E-state index is 0.169. The molecule has 3 heterocycles. The lowest BCUT2D eigenvalue weighted by Gasteiger charge is -2.29. The predicted octanol–water partition coefficient (Wildman–Crippen LogP) is 3.16. The highest BCUT2D eigenvalue weighted by Crippen LogP contribution is 2.27. The van der Waals surface area contributed by atoms with E-state index in [1.165, 1.54) is 5.56 Å². The third kappa shape index (κ3) is 2.67. The monoisotopic (exact) mass is 280 g/mol. The van der Waals surface area contributed by atoms with Crippen molar-refractivity contribution in [3.8, 4) is 0 Å². The van der Waals surface area contributed by atoms with E-state index in [0.717, 1.165) is 24.4 Å². The second-order valence-electron chi connectivity index (χ2n) is 5.03. The quantitative estimate of drug-likeness (QED) is 0.720. The lowest BCUT2D eigenvalue weighted by atomic mass is 10.0. The van der Waals surface area contributed by atoms with Crippen LogP contribution in [0.3, 0.4) is 0 Å². The summed E-state index contributed by atoms with van der Waals surface area (Å²) < 4.78 is 2.03. The van der Waals surface area contributed by atoms with Crippen molar-refractivity contribution in [2.24, 2.45) is 0 Å². The fraction of sp³-hybridized carbons (Fsp3) is 0.294. The first-order valence-electron chi connectivity index (χ1n) is 7.41. The standard InChI is InChI=1S/C17H20N4/c1-3-20(4-2)17(15-7-5-6-9-18-15)14-8-11-21-12-10-19-16(21)13-14/h5-13,17H,3-4H2,1-2H3. The van der Waals surface area contributed by atoms with E-state index in [1.807, 2.05) is 35.1 Å². The van der Waals surface area contributed by atoms with Crippen molar-refractivity contribution >= 4 is 5.65 Å². The Morgan fingerprint density at radius 3 is 2.62 bits per heavy atom. The van der Waals surface area contributed by atoms with Gasteiger partial charge in [0.05, 0.1) is 11.7 Å². The summed E-state index contributed by atoms with van der Waals surface area (Å²) >= 11 is 0. The van der Waals surface area contributed by atoms with Gasteiger partial charge in [-0.05, 0) is 42.9 Å². The van der Waals surface area contributed by atoms with Gasteiger partial charge < -0.3 is 4.40 Å². The summed E-state index contributed by atoms with van der Waals surface area (Å²) in [6.07, 6.45) is 7.72. The van der Waals surface area contributed by atoms with Gasteiger partial charge >= 0.3 is 0 Å². The van der Waals surface area contributed by atoms with Crippen molar-refractivity contribution in [3.05, 3.63) is 66.4 Å². The van der Waals surface area contributed by atoms with Gasteiger partial charge in [-0.25, -0.2) is 4.98 Å². The molecule has 4 nitrogen and oxygen atoms in total. The van der Waals surface area contributed by atoms with Gasteiger partial charge in [0.1, 0.15) is 5.65 Å². The molecule has 0 saturated heterocycles. The number of aromatic nitrogens is 3. The van der Waals surface area contributed by atoms with Crippen LogP contribution in [-0.4, -0.2) is 32.4 Å². The normalized spacial score (nSPS) is 12.9. The maximum absolute atomic E-state index is 4.57. The fourth-order valence-electron chi connectivity index (χ4n) is 2.79. The minimum Gasteiger partial charge on any atom is -0.307 e. The fourth-order valence-corrected chi connectivity index (χ4v) is 2.79. The van der Waals surface area contributed by atoms with Gasteiger partial charge in [-0.1, -0.05) is 19.9 Å². The predicted molar refractivity (Wildman–Crippen MR) is 84.2 cm³/mol. The average molecular weight is 280 g/mol. The Hall–Kier alpha value is -2.20. The Morgan fingerprint density at radius 1 is 1.05 bits per heavy atom. The molecular formula is C17H20N4. The Labute approximate surface area is 125 Å². The van der Waals surface area contributed by atoms with Gasteiger partial charge in [-0.15, -0.1) is 0 Å². The van der Waals surface area contributed by atoms with Gasteiger partial charge in [0.2, 0.25) is 0 Å². The Kier molecular flexibility index (Phi) is 3.97. The molecule has 108 valence electrons. The molecule has 0 aliphatic rings. The highest BCUT2D eigenvalue weighted by Gasteiger charge is 2.21. The Bertz CT molecular complexity index is 701. The molecule has 0 aromatic carbocycles. The summed E-state index contributed by atoms with van der Waals surface area (Å²) in [5.74, 6) is 0. The first-order valence-corrected chi connectivity index (χ1v) is 7.41. The second-order valence-corrected chi connectivity index (χ2v) is 5.03. The number of fused-ring (bicyclic) bond motifs is 1. The third-order valence-corrected chi connectivity index (χ3v) is 3.88. The van der Waals surface area contributed by atoms with E-state index >= 15 is 0 Å². The molecule has 3 aromatic rings. The number of hydrogen-bond acceptors (Lipinski definition) is 3. The Morgan fingerprint density at radius 2 is 1.90 bits per heavy atom. The van der Waals surface area contributed by atoms with Crippen LogP contribution in [0.4, 0.5) is 0 Å². The molecule has 0 radical (unpaired) electrons. The van der Waals surface area contributed by atoms with Gasteiger partial charge in [-0.3, -0.25) is 9.88 Å². The van der Waals surface area contributed by atoms with Crippen molar-refractivity contribution in [1.82, 2.24) is 19.3 Å². The van der Waals surface area contributed by atoms with Crippen molar-refractivity contribution < 1.29 is 0 Å². The number of rotatable bonds is 5. The summed E-state index contributed by atoms with van der Waals surface area (Å²) in [5.41, 5.74) is 3.29. The first-order chi connectivity index (χ1) is 10.3. The molecule has 0 spiro atoms. The lowest BCUT2D eigenvalue weighted by molar-refractivity contribution is 0.246. The number of hydrogen-bond donors (Lipinski definition) is 0. The van der Waals surface area contributed by atoms with Crippen LogP contribution in [0.2, 0.25) is 0 Å². The van der Waals surface area contributed by atoms with Gasteiger partial charge in [0, 0.05) is 24.8 Å². The van der Waals surface area contributed by atoms with Crippen LogP contribution in [0, 0.1) is 0 Å². The molecule has 0 aliphatic heterocycles. The molecule has 1 atom stereocenters. The number of nitrogens with zero attached hydrogens (tertiary/aromatic N) is 4. The largest absolute Gasteiger partial charge is 0.307 e. The van der Waals surface area contributed by atoms with Crippen molar-refractivity contribution in [2.45, 2.75) is 19.9 Å². The maximum atomic E-state index is 4.57. The smallest absolute Gasteiger partial charge is 0.136 e. The summed E-state index contributed by atoms with van der Waals surface area (Å²) in [6, 6.07) is 10.6. The average Bonchev–Trinajstić information content (AvgIpc) is 3.00. The number of imidazole rings is 1. The highest BCUT2D eigenvalue weighted by atomic mass is 15.2. The van der Waals surface area contributed by atoms with E-state index in [4.69, 9.17) is 0 Å². The summed E-state index contributed by atoms with van der Waals surface area (Å²) in [4.78, 5) is 11.4. The molecule has 3 rings (SSSR count). The van der Waals surface area contributed by atoms with Crippen LogP contribution in [0.25, 0.3) is 5.65 Å². The van der Waals surface area contributed by atoms with E-state index in [2.05, 4.69) is 53.1 Å². The van der Waals surface area contributed by atoms with Crippen molar-refractivity contribution in [1.29, 1.82) is 0 Å². The molecule has 21 heavy (non-hydrogen) atoms. The van der Waals surface area contributed by atoms with E-state index in [0.29, 0.717) is 0 Å². The van der Waals surface area contributed by atoms with Gasteiger partial charge in [-0.2, -0.15) is 0 Å². The zero-order chi connectivity index (χ0) is 14.7. The molecule has 4 heteroatoms. The topological polar surface area (TPSA) is 33.4 Å². The van der Waals surface area contributed by atoms with Crippen molar-refractivity contribution in [3.63, 3.8) is 0 Å². The zero-order valence-corrected chi connectivity index (χ0v) is 12.5.